The first-order chi connectivity index (χ1) is 11.1. The minimum absolute atomic E-state index is 0.0997. The molecule has 0 saturated heterocycles. The molecule has 0 aliphatic heterocycles. The molecule has 2 aromatic carbocycles. The fraction of sp³-hybridized carbons (Fsp3) is 0.0588. The first-order valence-electron chi connectivity index (χ1n) is 6.79. The number of rotatable bonds is 4. The number of hydrogen-bond acceptors (Lipinski definition) is 4. The van der Waals surface area contributed by atoms with Crippen LogP contribution in [-0.4, -0.2) is 11.9 Å². The molecule has 1 heterocycles. The highest BCUT2D eigenvalue weighted by atomic mass is 35.5. The van der Waals surface area contributed by atoms with Gasteiger partial charge in [-0.2, -0.15) is 0 Å². The third-order valence-corrected chi connectivity index (χ3v) is 4.98. The number of nitrogens with two attached hydrogens (primary N) is 1. The van der Waals surface area contributed by atoms with Gasteiger partial charge in [-0.15, -0.1) is 11.3 Å². The lowest BCUT2D eigenvalue weighted by atomic mass is 10.1. The Morgan fingerprint density at radius 1 is 1.09 bits per heavy atom. The monoisotopic (exact) mass is 345 g/mol. The van der Waals surface area contributed by atoms with Crippen LogP contribution in [0.15, 0.2) is 48.5 Å². The zero-order valence-electron chi connectivity index (χ0n) is 11.9. The summed E-state index contributed by atoms with van der Waals surface area (Å²) in [5.41, 5.74) is 6.35. The quantitative estimate of drug-likeness (QED) is 0.726. The summed E-state index contributed by atoms with van der Waals surface area (Å²) >= 11 is 7.55. The largest absolute Gasteiger partial charge is 0.457 e. The second-order valence-electron chi connectivity index (χ2n) is 4.88. The average Bonchev–Trinajstić information content (AvgIpc) is 2.90. The van der Waals surface area contributed by atoms with Crippen LogP contribution in [0, 0.1) is 0 Å². The number of ether oxygens (including phenoxy) is 1. The second kappa shape index (κ2) is 6.40. The number of carbonyl (C=O) groups excluding carboxylic acids is 2. The van der Waals surface area contributed by atoms with Gasteiger partial charge in [-0.25, -0.2) is 4.79 Å². The summed E-state index contributed by atoms with van der Waals surface area (Å²) in [5, 5.41) is 1.26. The van der Waals surface area contributed by atoms with Crippen molar-refractivity contribution in [2.75, 3.05) is 0 Å². The highest BCUT2D eigenvalue weighted by molar-refractivity contribution is 7.21. The lowest BCUT2D eigenvalue weighted by Crippen LogP contribution is -2.10. The SMILES string of the molecule is NC(=O)c1ccc(COC(=O)c2sc3ccccc3c2Cl)cc1. The molecule has 6 heteroatoms. The van der Waals surface area contributed by atoms with Crippen molar-refractivity contribution in [2.24, 2.45) is 5.73 Å². The first-order valence-corrected chi connectivity index (χ1v) is 7.98. The van der Waals surface area contributed by atoms with Crippen LogP contribution in [0.2, 0.25) is 5.02 Å². The van der Waals surface area contributed by atoms with Gasteiger partial charge in [-0.3, -0.25) is 4.79 Å². The van der Waals surface area contributed by atoms with Crippen LogP contribution < -0.4 is 5.73 Å². The number of primary amides is 1. The van der Waals surface area contributed by atoms with E-state index in [1.54, 1.807) is 24.3 Å². The van der Waals surface area contributed by atoms with Gasteiger partial charge >= 0.3 is 5.97 Å². The molecule has 3 rings (SSSR count). The van der Waals surface area contributed by atoms with Crippen LogP contribution in [0.5, 0.6) is 0 Å². The van der Waals surface area contributed by atoms with Gasteiger partial charge in [0.25, 0.3) is 0 Å². The third kappa shape index (κ3) is 3.21. The van der Waals surface area contributed by atoms with E-state index in [1.165, 1.54) is 11.3 Å². The number of hydrogen-bond donors (Lipinski definition) is 1. The molecular formula is C17H12ClNO3S. The van der Waals surface area contributed by atoms with Gasteiger partial charge in [0, 0.05) is 15.6 Å². The summed E-state index contributed by atoms with van der Waals surface area (Å²) < 4.78 is 6.24. The minimum Gasteiger partial charge on any atom is -0.457 e. The van der Waals surface area contributed by atoms with Gasteiger partial charge < -0.3 is 10.5 Å². The summed E-state index contributed by atoms with van der Waals surface area (Å²) in [5.74, 6) is -0.958. The smallest absolute Gasteiger partial charge is 0.350 e. The molecule has 0 bridgehead atoms. The number of amides is 1. The van der Waals surface area contributed by atoms with Crippen molar-refractivity contribution in [1.29, 1.82) is 0 Å². The molecule has 0 spiro atoms. The molecule has 0 aliphatic carbocycles. The van der Waals surface area contributed by atoms with Crippen molar-refractivity contribution in [3.05, 3.63) is 69.6 Å². The Balaban J connectivity index is 1.73. The zero-order valence-corrected chi connectivity index (χ0v) is 13.5. The Bertz CT molecular complexity index is 886. The zero-order chi connectivity index (χ0) is 16.4. The van der Waals surface area contributed by atoms with E-state index in [0.717, 1.165) is 15.6 Å². The summed E-state index contributed by atoms with van der Waals surface area (Å²) in [7, 11) is 0. The van der Waals surface area contributed by atoms with Crippen molar-refractivity contribution in [3.63, 3.8) is 0 Å². The van der Waals surface area contributed by atoms with E-state index in [1.807, 2.05) is 24.3 Å². The van der Waals surface area contributed by atoms with E-state index >= 15 is 0 Å². The van der Waals surface area contributed by atoms with Crippen molar-refractivity contribution >= 4 is 44.9 Å². The molecule has 2 N–H and O–H groups in total. The van der Waals surface area contributed by atoms with Crippen LogP contribution in [0.1, 0.15) is 25.6 Å². The standard InChI is InChI=1S/C17H12ClNO3S/c18-14-12-3-1-2-4-13(12)23-15(14)17(21)22-9-10-5-7-11(8-6-10)16(19)20/h1-8H,9H2,(H2,19,20). The van der Waals surface area contributed by atoms with Crippen molar-refractivity contribution in [2.45, 2.75) is 6.61 Å². The summed E-state index contributed by atoms with van der Waals surface area (Å²) in [6, 6.07) is 14.1. The average molecular weight is 346 g/mol. The van der Waals surface area contributed by atoms with Crippen LogP contribution in [-0.2, 0) is 11.3 Å². The lowest BCUT2D eigenvalue weighted by molar-refractivity contribution is 0.0478. The Morgan fingerprint density at radius 3 is 2.43 bits per heavy atom. The molecular weight excluding hydrogens is 334 g/mol. The number of carbonyl (C=O) groups is 2. The fourth-order valence-corrected chi connectivity index (χ4v) is 3.53. The van der Waals surface area contributed by atoms with E-state index in [4.69, 9.17) is 22.1 Å². The van der Waals surface area contributed by atoms with E-state index < -0.39 is 11.9 Å². The molecule has 23 heavy (non-hydrogen) atoms. The maximum atomic E-state index is 12.2. The predicted octanol–water partition coefficient (Wildman–Crippen LogP) is 4.01. The Morgan fingerprint density at radius 2 is 1.78 bits per heavy atom. The van der Waals surface area contributed by atoms with Gasteiger partial charge in [0.1, 0.15) is 11.5 Å². The molecule has 0 aliphatic rings. The van der Waals surface area contributed by atoms with Crippen molar-refractivity contribution in [3.8, 4) is 0 Å². The molecule has 0 fully saturated rings. The maximum Gasteiger partial charge on any atom is 0.350 e. The Kier molecular flexibility index (Phi) is 4.32. The Hall–Kier alpha value is -2.37. The number of benzene rings is 2. The van der Waals surface area contributed by atoms with Crippen LogP contribution in [0.3, 0.4) is 0 Å². The van der Waals surface area contributed by atoms with Gasteiger partial charge in [-0.1, -0.05) is 41.9 Å². The fourth-order valence-electron chi connectivity index (χ4n) is 2.12. The van der Waals surface area contributed by atoms with Crippen LogP contribution in [0.4, 0.5) is 0 Å². The van der Waals surface area contributed by atoms with Crippen LogP contribution >= 0.6 is 22.9 Å². The summed E-state index contributed by atoms with van der Waals surface area (Å²) in [6.45, 7) is 0.0997. The maximum absolute atomic E-state index is 12.2. The number of fused-ring (bicyclic) bond motifs is 1. The second-order valence-corrected chi connectivity index (χ2v) is 6.31. The molecule has 3 aromatic rings. The number of thiophene rings is 1. The Labute approximate surface area is 141 Å². The van der Waals surface area contributed by atoms with Crippen molar-refractivity contribution in [1.82, 2.24) is 0 Å². The van der Waals surface area contributed by atoms with Gasteiger partial charge in [0.05, 0.1) is 5.02 Å². The topological polar surface area (TPSA) is 69.4 Å². The summed E-state index contributed by atoms with van der Waals surface area (Å²) in [6.07, 6.45) is 0. The van der Waals surface area contributed by atoms with Gasteiger partial charge in [0.15, 0.2) is 0 Å². The van der Waals surface area contributed by atoms with Crippen LogP contribution in [0.25, 0.3) is 10.1 Å². The number of halogens is 1. The highest BCUT2D eigenvalue weighted by Crippen LogP contribution is 2.35. The molecule has 0 saturated carbocycles. The van der Waals surface area contributed by atoms with Gasteiger partial charge in [-0.05, 0) is 23.8 Å². The lowest BCUT2D eigenvalue weighted by Gasteiger charge is -2.04. The minimum atomic E-state index is -0.495. The summed E-state index contributed by atoms with van der Waals surface area (Å²) in [4.78, 5) is 23.6. The van der Waals surface area contributed by atoms with E-state index in [2.05, 4.69) is 0 Å². The third-order valence-electron chi connectivity index (χ3n) is 3.33. The normalized spacial score (nSPS) is 10.7. The molecule has 0 radical (unpaired) electrons. The molecule has 0 atom stereocenters. The van der Waals surface area contributed by atoms with Gasteiger partial charge in [0.2, 0.25) is 5.91 Å². The molecule has 1 aromatic heterocycles. The molecule has 1 amide bonds. The van der Waals surface area contributed by atoms with Crippen molar-refractivity contribution < 1.29 is 14.3 Å². The predicted molar refractivity (Wildman–Crippen MR) is 90.9 cm³/mol. The molecule has 4 nitrogen and oxygen atoms in total. The first kappa shape index (κ1) is 15.5. The van der Waals surface area contributed by atoms with E-state index in [0.29, 0.717) is 15.5 Å². The number of esters is 1. The highest BCUT2D eigenvalue weighted by Gasteiger charge is 2.18. The molecule has 116 valence electrons. The molecule has 0 unspecified atom stereocenters. The van der Waals surface area contributed by atoms with E-state index in [-0.39, 0.29) is 6.61 Å². The van der Waals surface area contributed by atoms with E-state index in [9.17, 15) is 9.59 Å².